The topological polar surface area (TPSA) is 64.2 Å². The monoisotopic (exact) mass is 359 g/mol. The van der Waals surface area contributed by atoms with Crippen LogP contribution >= 0.6 is 0 Å². The van der Waals surface area contributed by atoms with Crippen molar-refractivity contribution in [1.29, 1.82) is 0 Å². The number of pyridine rings is 1. The van der Waals surface area contributed by atoms with Gasteiger partial charge in [-0.25, -0.2) is 0 Å². The highest BCUT2D eigenvalue weighted by Crippen LogP contribution is 2.17. The molecule has 0 radical (unpaired) electrons. The maximum Gasteiger partial charge on any atom is 0.253 e. The molecular formula is C21H21N5O. The Balaban J connectivity index is 1.51. The van der Waals surface area contributed by atoms with Gasteiger partial charge in [0.15, 0.2) is 11.5 Å². The molecule has 0 atom stereocenters. The predicted octanol–water partition coefficient (Wildman–Crippen LogP) is 3.13. The summed E-state index contributed by atoms with van der Waals surface area (Å²) in [6.45, 7) is 5.09. The van der Waals surface area contributed by atoms with Crippen molar-refractivity contribution in [3.8, 4) is 0 Å². The van der Waals surface area contributed by atoms with Gasteiger partial charge in [0, 0.05) is 24.1 Å². The van der Waals surface area contributed by atoms with Crippen LogP contribution in [0.5, 0.6) is 0 Å². The molecule has 0 aliphatic rings. The molecule has 0 saturated heterocycles. The van der Waals surface area contributed by atoms with Gasteiger partial charge in [-0.1, -0.05) is 36.4 Å². The number of amides is 1. The van der Waals surface area contributed by atoms with Crippen molar-refractivity contribution in [2.24, 2.45) is 0 Å². The molecule has 0 bridgehead atoms. The lowest BCUT2D eigenvalue weighted by Gasteiger charge is -2.10. The molecule has 0 saturated carbocycles. The molecule has 4 aromatic rings. The summed E-state index contributed by atoms with van der Waals surface area (Å²) in [5, 5.41) is 11.2. The Kier molecular flexibility index (Phi) is 4.46. The molecule has 1 N–H and O–H groups in total. The number of hydrogen-bond donors (Lipinski definition) is 1. The van der Waals surface area contributed by atoms with Crippen molar-refractivity contribution in [3.05, 3.63) is 89.1 Å². The molecule has 6 nitrogen and oxygen atoms in total. The molecule has 0 unspecified atom stereocenters. The van der Waals surface area contributed by atoms with Crippen molar-refractivity contribution in [2.45, 2.75) is 26.9 Å². The molecule has 3 heterocycles. The van der Waals surface area contributed by atoms with Gasteiger partial charge in [-0.15, -0.1) is 10.2 Å². The molecule has 3 aromatic heterocycles. The lowest BCUT2D eigenvalue weighted by atomic mass is 10.2. The van der Waals surface area contributed by atoms with Gasteiger partial charge in [-0.2, -0.15) is 0 Å². The van der Waals surface area contributed by atoms with Crippen molar-refractivity contribution in [2.75, 3.05) is 0 Å². The second-order valence-electron chi connectivity index (χ2n) is 6.58. The standard InChI is InChI=1S/C21H21N5O/c1-15-12-18(16(2)26(15)14-17-8-4-3-5-9-17)21(27)22-13-20-24-23-19-10-6-7-11-25(19)20/h3-12H,13-14H2,1-2H3,(H,22,27). The number of fused-ring (bicyclic) bond motifs is 1. The molecule has 1 amide bonds. The lowest BCUT2D eigenvalue weighted by Crippen LogP contribution is -2.24. The fourth-order valence-electron chi connectivity index (χ4n) is 3.31. The van der Waals surface area contributed by atoms with Gasteiger partial charge < -0.3 is 9.88 Å². The molecule has 4 rings (SSSR count). The van der Waals surface area contributed by atoms with Crippen LogP contribution in [0.4, 0.5) is 0 Å². The fourth-order valence-corrected chi connectivity index (χ4v) is 3.31. The first-order valence-corrected chi connectivity index (χ1v) is 8.91. The van der Waals surface area contributed by atoms with E-state index >= 15 is 0 Å². The maximum absolute atomic E-state index is 12.7. The van der Waals surface area contributed by atoms with Crippen molar-refractivity contribution in [1.82, 2.24) is 24.5 Å². The van der Waals surface area contributed by atoms with E-state index in [1.165, 1.54) is 5.56 Å². The van der Waals surface area contributed by atoms with Gasteiger partial charge >= 0.3 is 0 Å². The van der Waals surface area contributed by atoms with E-state index < -0.39 is 0 Å². The summed E-state index contributed by atoms with van der Waals surface area (Å²) in [4.78, 5) is 12.7. The number of nitrogens with one attached hydrogen (secondary N) is 1. The summed E-state index contributed by atoms with van der Waals surface area (Å²) in [5.74, 6) is 0.604. The van der Waals surface area contributed by atoms with Gasteiger partial charge in [0.05, 0.1) is 12.1 Å². The van der Waals surface area contributed by atoms with Crippen molar-refractivity contribution >= 4 is 11.6 Å². The van der Waals surface area contributed by atoms with E-state index in [0.29, 0.717) is 17.9 Å². The zero-order valence-electron chi connectivity index (χ0n) is 15.4. The van der Waals surface area contributed by atoms with E-state index in [9.17, 15) is 4.79 Å². The highest BCUT2D eigenvalue weighted by Gasteiger charge is 2.16. The Bertz CT molecular complexity index is 1090. The minimum absolute atomic E-state index is 0.102. The zero-order chi connectivity index (χ0) is 18.8. The van der Waals surface area contributed by atoms with Crippen LogP contribution in [-0.4, -0.2) is 25.1 Å². The van der Waals surface area contributed by atoms with E-state index in [-0.39, 0.29) is 5.91 Å². The Hall–Kier alpha value is -3.41. The van der Waals surface area contributed by atoms with E-state index in [0.717, 1.165) is 23.6 Å². The number of rotatable bonds is 5. The minimum Gasteiger partial charge on any atom is -0.345 e. The summed E-state index contributed by atoms with van der Waals surface area (Å²) in [7, 11) is 0. The van der Waals surface area contributed by atoms with Crippen LogP contribution in [0.1, 0.15) is 33.1 Å². The van der Waals surface area contributed by atoms with E-state index in [4.69, 9.17) is 0 Å². The molecule has 0 spiro atoms. The molecule has 6 heteroatoms. The van der Waals surface area contributed by atoms with Crippen LogP contribution < -0.4 is 5.32 Å². The molecule has 27 heavy (non-hydrogen) atoms. The second kappa shape index (κ2) is 7.07. The third-order valence-corrected chi connectivity index (χ3v) is 4.79. The first-order valence-electron chi connectivity index (χ1n) is 8.91. The van der Waals surface area contributed by atoms with Gasteiger partial charge in [0.2, 0.25) is 0 Å². The first-order chi connectivity index (χ1) is 13.1. The number of aryl methyl sites for hydroxylation is 1. The second-order valence-corrected chi connectivity index (χ2v) is 6.58. The Morgan fingerprint density at radius 2 is 1.81 bits per heavy atom. The molecular weight excluding hydrogens is 338 g/mol. The average molecular weight is 359 g/mol. The molecule has 1 aromatic carbocycles. The normalized spacial score (nSPS) is 11.0. The summed E-state index contributed by atoms with van der Waals surface area (Å²) in [6, 6.07) is 17.9. The molecule has 0 fully saturated rings. The van der Waals surface area contributed by atoms with Gasteiger partial charge in [0.1, 0.15) is 0 Å². The summed E-state index contributed by atoms with van der Waals surface area (Å²) < 4.78 is 4.04. The van der Waals surface area contributed by atoms with E-state index in [1.54, 1.807) is 0 Å². The molecule has 136 valence electrons. The van der Waals surface area contributed by atoms with Gasteiger partial charge in [-0.05, 0) is 37.6 Å². The quantitative estimate of drug-likeness (QED) is 0.595. The minimum atomic E-state index is -0.102. The number of nitrogens with zero attached hydrogens (tertiary/aromatic N) is 4. The van der Waals surface area contributed by atoms with Crippen LogP contribution in [0.2, 0.25) is 0 Å². The van der Waals surface area contributed by atoms with Gasteiger partial charge in [0.25, 0.3) is 5.91 Å². The van der Waals surface area contributed by atoms with Crippen LogP contribution in [0.3, 0.4) is 0 Å². The number of carbonyl (C=O) groups is 1. The van der Waals surface area contributed by atoms with E-state index in [2.05, 4.69) is 32.2 Å². The predicted molar refractivity (Wildman–Crippen MR) is 104 cm³/mol. The highest BCUT2D eigenvalue weighted by atomic mass is 16.1. The number of carbonyl (C=O) groups excluding carboxylic acids is 1. The number of benzene rings is 1. The number of hydrogen-bond acceptors (Lipinski definition) is 3. The third kappa shape index (κ3) is 3.33. The smallest absolute Gasteiger partial charge is 0.253 e. The summed E-state index contributed by atoms with van der Waals surface area (Å²) in [6.07, 6.45) is 1.89. The SMILES string of the molecule is Cc1cc(C(=O)NCc2nnc3ccccn23)c(C)n1Cc1ccccc1. The van der Waals surface area contributed by atoms with Crippen LogP contribution in [-0.2, 0) is 13.1 Å². The third-order valence-electron chi connectivity index (χ3n) is 4.79. The summed E-state index contributed by atoms with van der Waals surface area (Å²) >= 11 is 0. The Morgan fingerprint density at radius 3 is 2.63 bits per heavy atom. The first kappa shape index (κ1) is 17.0. The largest absolute Gasteiger partial charge is 0.345 e. The fraction of sp³-hybridized carbons (Fsp3) is 0.190. The Labute approximate surface area is 157 Å². The number of aromatic nitrogens is 4. The summed E-state index contributed by atoms with van der Waals surface area (Å²) in [5.41, 5.74) is 4.69. The maximum atomic E-state index is 12.7. The van der Waals surface area contributed by atoms with Crippen LogP contribution in [0, 0.1) is 13.8 Å². The van der Waals surface area contributed by atoms with Crippen molar-refractivity contribution in [3.63, 3.8) is 0 Å². The molecule has 0 aliphatic heterocycles. The lowest BCUT2D eigenvalue weighted by molar-refractivity contribution is 0.0949. The zero-order valence-corrected chi connectivity index (χ0v) is 15.4. The van der Waals surface area contributed by atoms with Crippen LogP contribution in [0.15, 0.2) is 60.8 Å². The van der Waals surface area contributed by atoms with Crippen molar-refractivity contribution < 1.29 is 4.79 Å². The highest BCUT2D eigenvalue weighted by molar-refractivity contribution is 5.95. The molecule has 0 aliphatic carbocycles. The average Bonchev–Trinajstić information content (AvgIpc) is 3.23. The van der Waals surface area contributed by atoms with E-state index in [1.807, 2.05) is 66.9 Å². The van der Waals surface area contributed by atoms with Crippen LogP contribution in [0.25, 0.3) is 5.65 Å². The Morgan fingerprint density at radius 1 is 1.04 bits per heavy atom. The van der Waals surface area contributed by atoms with Gasteiger partial charge in [-0.3, -0.25) is 9.20 Å².